The molecule has 3 nitrogen and oxygen atoms in total. The van der Waals surface area contributed by atoms with Crippen molar-refractivity contribution in [3.8, 4) is 11.8 Å². The fraction of sp³-hybridized carbons (Fsp3) is 0.300. The molecule has 0 aliphatic rings. The van der Waals surface area contributed by atoms with Gasteiger partial charge in [-0.1, -0.05) is 6.07 Å². The first-order valence-electron chi connectivity index (χ1n) is 4.14. The lowest BCUT2D eigenvalue weighted by atomic mass is 10.2. The van der Waals surface area contributed by atoms with E-state index >= 15 is 0 Å². The zero-order valence-corrected chi connectivity index (χ0v) is 7.70. The molecule has 0 heterocycles. The molecule has 0 aliphatic carbocycles. The van der Waals surface area contributed by atoms with Crippen molar-refractivity contribution >= 4 is 0 Å². The molecule has 0 aromatic heterocycles. The van der Waals surface area contributed by atoms with E-state index in [2.05, 4.69) is 0 Å². The van der Waals surface area contributed by atoms with Gasteiger partial charge in [0.2, 0.25) is 0 Å². The molecule has 0 fully saturated rings. The van der Waals surface area contributed by atoms with Gasteiger partial charge in [-0.25, -0.2) is 4.39 Å². The summed E-state index contributed by atoms with van der Waals surface area (Å²) in [7, 11) is 0. The maximum Gasteiger partial charge on any atom is 0.144 e. The van der Waals surface area contributed by atoms with Crippen molar-refractivity contribution in [2.75, 3.05) is 6.61 Å². The first kappa shape index (κ1) is 10.5. The maximum absolute atomic E-state index is 13.0. The van der Waals surface area contributed by atoms with Gasteiger partial charge in [0.05, 0.1) is 6.10 Å². The van der Waals surface area contributed by atoms with E-state index in [9.17, 15) is 4.39 Å². The highest BCUT2D eigenvalue weighted by Gasteiger charge is 2.09. The van der Waals surface area contributed by atoms with Crippen LogP contribution in [0.2, 0.25) is 0 Å². The van der Waals surface area contributed by atoms with Gasteiger partial charge in [0, 0.05) is 0 Å². The molecule has 0 amide bonds. The molecule has 0 aliphatic heterocycles. The molecule has 0 saturated heterocycles. The highest BCUT2D eigenvalue weighted by Crippen LogP contribution is 2.20. The Bertz CT molecular complexity index is 358. The standard InChI is InChI=1S/C10H10FNO2/c1-7(13)6-14-10-4-2-3-9(11)8(10)5-12/h2-4,7,13H,6H2,1H3/t7-/m0/s1. The largest absolute Gasteiger partial charge is 0.489 e. The van der Waals surface area contributed by atoms with Crippen LogP contribution >= 0.6 is 0 Å². The van der Waals surface area contributed by atoms with E-state index in [1.54, 1.807) is 13.0 Å². The maximum atomic E-state index is 13.0. The molecule has 0 saturated carbocycles. The average Bonchev–Trinajstić information content (AvgIpc) is 2.14. The van der Waals surface area contributed by atoms with Crippen LogP contribution < -0.4 is 4.74 Å². The van der Waals surface area contributed by atoms with E-state index in [1.807, 2.05) is 0 Å². The first-order valence-corrected chi connectivity index (χ1v) is 4.14. The van der Waals surface area contributed by atoms with E-state index in [0.29, 0.717) is 0 Å². The van der Waals surface area contributed by atoms with Crippen molar-refractivity contribution in [3.05, 3.63) is 29.6 Å². The van der Waals surface area contributed by atoms with Gasteiger partial charge in [-0.15, -0.1) is 0 Å². The Hall–Kier alpha value is -1.60. The molecule has 0 unspecified atom stereocenters. The molecule has 0 spiro atoms. The lowest BCUT2D eigenvalue weighted by molar-refractivity contribution is 0.122. The summed E-state index contributed by atoms with van der Waals surface area (Å²) >= 11 is 0. The normalized spacial score (nSPS) is 11.9. The van der Waals surface area contributed by atoms with Crippen LogP contribution in [0.4, 0.5) is 4.39 Å². The lowest BCUT2D eigenvalue weighted by Crippen LogP contribution is -2.13. The van der Waals surface area contributed by atoms with Crippen LogP contribution in [-0.2, 0) is 0 Å². The second-order valence-corrected chi connectivity index (χ2v) is 2.88. The number of benzene rings is 1. The summed E-state index contributed by atoms with van der Waals surface area (Å²) in [5, 5.41) is 17.6. The molecule has 1 N–H and O–H groups in total. The van der Waals surface area contributed by atoms with Crippen molar-refractivity contribution in [1.29, 1.82) is 5.26 Å². The van der Waals surface area contributed by atoms with Gasteiger partial charge in [0.15, 0.2) is 0 Å². The summed E-state index contributed by atoms with van der Waals surface area (Å²) in [6.45, 7) is 1.59. The first-order chi connectivity index (χ1) is 6.65. The average molecular weight is 195 g/mol. The summed E-state index contributed by atoms with van der Waals surface area (Å²) in [5.41, 5.74) is -0.131. The predicted molar refractivity (Wildman–Crippen MR) is 48.3 cm³/mol. The molecule has 1 aromatic carbocycles. The minimum atomic E-state index is -0.648. The number of nitriles is 1. The topological polar surface area (TPSA) is 53.2 Å². The van der Waals surface area contributed by atoms with Crippen molar-refractivity contribution in [3.63, 3.8) is 0 Å². The number of halogens is 1. The molecule has 1 atom stereocenters. The van der Waals surface area contributed by atoms with Gasteiger partial charge in [-0.3, -0.25) is 0 Å². The molecule has 1 aromatic rings. The van der Waals surface area contributed by atoms with Crippen LogP contribution in [0, 0.1) is 17.1 Å². The summed E-state index contributed by atoms with van der Waals surface area (Å²) < 4.78 is 18.1. The van der Waals surface area contributed by atoms with Gasteiger partial charge in [0.1, 0.15) is 29.8 Å². The van der Waals surface area contributed by atoms with E-state index in [4.69, 9.17) is 15.1 Å². The Kier molecular flexibility index (Phi) is 3.43. The number of hydrogen-bond acceptors (Lipinski definition) is 3. The quantitative estimate of drug-likeness (QED) is 0.794. The molecule has 0 radical (unpaired) electrons. The van der Waals surface area contributed by atoms with Gasteiger partial charge >= 0.3 is 0 Å². The third-order valence-electron chi connectivity index (χ3n) is 1.57. The third kappa shape index (κ3) is 2.44. The van der Waals surface area contributed by atoms with Crippen LogP contribution in [0.5, 0.6) is 5.75 Å². The van der Waals surface area contributed by atoms with Crippen molar-refractivity contribution in [2.24, 2.45) is 0 Å². The van der Waals surface area contributed by atoms with E-state index in [-0.39, 0.29) is 17.9 Å². The van der Waals surface area contributed by atoms with Crippen LogP contribution in [0.1, 0.15) is 12.5 Å². The Morgan fingerprint density at radius 1 is 1.64 bits per heavy atom. The van der Waals surface area contributed by atoms with E-state index in [0.717, 1.165) is 0 Å². The number of aliphatic hydroxyl groups is 1. The lowest BCUT2D eigenvalue weighted by Gasteiger charge is -2.09. The Morgan fingerprint density at radius 3 is 2.93 bits per heavy atom. The van der Waals surface area contributed by atoms with Gasteiger partial charge in [-0.05, 0) is 19.1 Å². The van der Waals surface area contributed by atoms with Crippen LogP contribution in [0.15, 0.2) is 18.2 Å². The molecule has 74 valence electrons. The summed E-state index contributed by atoms with van der Waals surface area (Å²) in [6.07, 6.45) is -0.648. The highest BCUT2D eigenvalue weighted by atomic mass is 19.1. The smallest absolute Gasteiger partial charge is 0.144 e. The SMILES string of the molecule is C[C@H](O)COc1cccc(F)c1C#N. The number of hydrogen-bond donors (Lipinski definition) is 1. The van der Waals surface area contributed by atoms with Crippen molar-refractivity contribution in [1.82, 2.24) is 0 Å². The zero-order chi connectivity index (χ0) is 10.6. The summed E-state index contributed by atoms with van der Waals surface area (Å²) in [5.74, 6) is -0.455. The third-order valence-corrected chi connectivity index (χ3v) is 1.57. The second-order valence-electron chi connectivity index (χ2n) is 2.88. The fourth-order valence-electron chi connectivity index (χ4n) is 0.944. The fourth-order valence-corrected chi connectivity index (χ4v) is 0.944. The van der Waals surface area contributed by atoms with Crippen LogP contribution in [0.3, 0.4) is 0 Å². The monoisotopic (exact) mass is 195 g/mol. The minimum absolute atomic E-state index is 0.0398. The molecule has 4 heteroatoms. The van der Waals surface area contributed by atoms with Crippen molar-refractivity contribution < 1.29 is 14.2 Å². The molecule has 1 rings (SSSR count). The predicted octanol–water partition coefficient (Wildman–Crippen LogP) is 1.46. The number of rotatable bonds is 3. The van der Waals surface area contributed by atoms with Crippen molar-refractivity contribution in [2.45, 2.75) is 13.0 Å². The number of ether oxygens (including phenoxy) is 1. The highest BCUT2D eigenvalue weighted by molar-refractivity contribution is 5.43. The van der Waals surface area contributed by atoms with Gasteiger partial charge in [-0.2, -0.15) is 5.26 Å². The Balaban J connectivity index is 2.87. The number of nitrogens with zero attached hydrogens (tertiary/aromatic N) is 1. The molecule has 14 heavy (non-hydrogen) atoms. The van der Waals surface area contributed by atoms with Gasteiger partial charge < -0.3 is 9.84 Å². The summed E-state index contributed by atoms with van der Waals surface area (Å²) in [4.78, 5) is 0. The van der Waals surface area contributed by atoms with Crippen LogP contribution in [-0.4, -0.2) is 17.8 Å². The Labute approximate surface area is 81.4 Å². The van der Waals surface area contributed by atoms with Crippen LogP contribution in [0.25, 0.3) is 0 Å². The van der Waals surface area contributed by atoms with Gasteiger partial charge in [0.25, 0.3) is 0 Å². The zero-order valence-electron chi connectivity index (χ0n) is 7.70. The number of aliphatic hydroxyl groups excluding tert-OH is 1. The molecular weight excluding hydrogens is 185 g/mol. The van der Waals surface area contributed by atoms with E-state index < -0.39 is 11.9 Å². The van der Waals surface area contributed by atoms with E-state index in [1.165, 1.54) is 18.2 Å². The molecule has 0 bridgehead atoms. The second kappa shape index (κ2) is 4.58. The molecular formula is C10H10FNO2. The minimum Gasteiger partial charge on any atom is -0.489 e. The Morgan fingerprint density at radius 2 is 2.36 bits per heavy atom. The summed E-state index contributed by atoms with van der Waals surface area (Å²) in [6, 6.07) is 5.84.